The Bertz CT molecular complexity index is 161. The summed E-state index contributed by atoms with van der Waals surface area (Å²) in [4.78, 5) is 11.3. The lowest BCUT2D eigenvalue weighted by Crippen LogP contribution is -2.43. The van der Waals surface area contributed by atoms with Gasteiger partial charge in [0.15, 0.2) is 0 Å². The molecule has 0 aromatic heterocycles. The van der Waals surface area contributed by atoms with E-state index in [-0.39, 0.29) is 11.4 Å². The molecule has 0 aromatic carbocycles. The third-order valence-corrected chi connectivity index (χ3v) is 1.93. The maximum atomic E-state index is 11.3. The van der Waals surface area contributed by atoms with Crippen molar-refractivity contribution in [1.82, 2.24) is 0 Å². The number of nitrogens with two attached hydrogens (primary N) is 1. The molecule has 0 rings (SSSR count). The molecular formula is C10H21NO2. The van der Waals surface area contributed by atoms with Crippen molar-refractivity contribution in [3.05, 3.63) is 0 Å². The van der Waals surface area contributed by atoms with E-state index in [1.54, 1.807) is 0 Å². The van der Waals surface area contributed by atoms with Crippen LogP contribution in [-0.4, -0.2) is 18.6 Å². The molecule has 0 bridgehead atoms. The molecule has 0 heterocycles. The fraction of sp³-hybridized carbons (Fsp3) is 0.900. The summed E-state index contributed by atoms with van der Waals surface area (Å²) < 4.78 is 5.01. The molecule has 0 aromatic rings. The molecule has 0 saturated carbocycles. The quantitative estimate of drug-likeness (QED) is 0.538. The third-order valence-electron chi connectivity index (χ3n) is 1.93. The minimum Gasteiger partial charge on any atom is -0.465 e. The van der Waals surface area contributed by atoms with Crippen LogP contribution >= 0.6 is 0 Å². The number of carbonyl (C=O) groups is 1. The lowest BCUT2D eigenvalue weighted by atomic mass is 9.87. The van der Waals surface area contributed by atoms with Crippen LogP contribution < -0.4 is 5.73 Å². The Hall–Kier alpha value is -0.570. The molecule has 0 amide bonds. The molecule has 3 heteroatoms. The number of unbranched alkanes of at least 4 members (excludes halogenated alkanes) is 1. The normalized spacial score (nSPS) is 13.9. The Kier molecular flexibility index (Phi) is 4.99. The second-order valence-electron chi connectivity index (χ2n) is 4.36. The smallest absolute Gasteiger partial charge is 0.323 e. The predicted molar refractivity (Wildman–Crippen MR) is 53.3 cm³/mol. The Morgan fingerprint density at radius 3 is 2.38 bits per heavy atom. The number of ether oxygens (including phenoxy) is 1. The Morgan fingerprint density at radius 1 is 1.46 bits per heavy atom. The van der Waals surface area contributed by atoms with Gasteiger partial charge < -0.3 is 10.5 Å². The molecule has 3 nitrogen and oxygen atoms in total. The zero-order valence-corrected chi connectivity index (χ0v) is 9.09. The van der Waals surface area contributed by atoms with Gasteiger partial charge in [0.1, 0.15) is 6.04 Å². The molecular weight excluding hydrogens is 166 g/mol. The van der Waals surface area contributed by atoms with Crippen molar-refractivity contribution < 1.29 is 9.53 Å². The number of carbonyl (C=O) groups excluding carboxylic acids is 1. The van der Waals surface area contributed by atoms with Gasteiger partial charge in [-0.15, -0.1) is 0 Å². The topological polar surface area (TPSA) is 52.3 Å². The van der Waals surface area contributed by atoms with E-state index in [1.807, 2.05) is 20.8 Å². The summed E-state index contributed by atoms with van der Waals surface area (Å²) in [6.45, 7) is 8.33. The SMILES string of the molecule is CCCCOC(=O)[C@@H](N)C(C)(C)C. The van der Waals surface area contributed by atoms with Crippen LogP contribution in [-0.2, 0) is 9.53 Å². The minimum absolute atomic E-state index is 0.219. The highest BCUT2D eigenvalue weighted by Crippen LogP contribution is 2.18. The van der Waals surface area contributed by atoms with Crippen molar-refractivity contribution in [2.45, 2.75) is 46.6 Å². The molecule has 78 valence electrons. The molecule has 0 unspecified atom stereocenters. The third kappa shape index (κ3) is 4.88. The number of hydrogen-bond acceptors (Lipinski definition) is 3. The maximum absolute atomic E-state index is 11.3. The van der Waals surface area contributed by atoms with Crippen LogP contribution in [0.25, 0.3) is 0 Å². The van der Waals surface area contributed by atoms with E-state index in [0.29, 0.717) is 6.61 Å². The van der Waals surface area contributed by atoms with Crippen molar-refractivity contribution in [3.8, 4) is 0 Å². The fourth-order valence-corrected chi connectivity index (χ4v) is 0.760. The van der Waals surface area contributed by atoms with Gasteiger partial charge in [-0.2, -0.15) is 0 Å². The second-order valence-corrected chi connectivity index (χ2v) is 4.36. The van der Waals surface area contributed by atoms with Crippen molar-refractivity contribution in [3.63, 3.8) is 0 Å². The van der Waals surface area contributed by atoms with Gasteiger partial charge in [-0.1, -0.05) is 34.1 Å². The van der Waals surface area contributed by atoms with E-state index in [4.69, 9.17) is 10.5 Å². The average molecular weight is 187 g/mol. The molecule has 0 aliphatic heterocycles. The van der Waals surface area contributed by atoms with Crippen LogP contribution in [0, 0.1) is 5.41 Å². The molecule has 0 saturated heterocycles. The van der Waals surface area contributed by atoms with Crippen LogP contribution in [0.15, 0.2) is 0 Å². The molecule has 0 fully saturated rings. The standard InChI is InChI=1S/C10H21NO2/c1-5-6-7-13-9(12)8(11)10(2,3)4/h8H,5-7,11H2,1-4H3/t8-/m1/s1. The highest BCUT2D eigenvalue weighted by atomic mass is 16.5. The van der Waals surface area contributed by atoms with Gasteiger partial charge in [-0.05, 0) is 11.8 Å². The summed E-state index contributed by atoms with van der Waals surface area (Å²) in [6.07, 6.45) is 1.93. The summed E-state index contributed by atoms with van der Waals surface area (Å²) >= 11 is 0. The van der Waals surface area contributed by atoms with Gasteiger partial charge in [-0.3, -0.25) is 4.79 Å². The average Bonchev–Trinajstić information content (AvgIpc) is 2.01. The molecule has 0 spiro atoms. The predicted octanol–water partition coefficient (Wildman–Crippen LogP) is 1.70. The number of rotatable bonds is 4. The van der Waals surface area contributed by atoms with Crippen molar-refractivity contribution in [1.29, 1.82) is 0 Å². The highest BCUT2D eigenvalue weighted by molar-refractivity contribution is 5.76. The first-order valence-electron chi connectivity index (χ1n) is 4.81. The first kappa shape index (κ1) is 12.4. The van der Waals surface area contributed by atoms with E-state index in [9.17, 15) is 4.79 Å². The van der Waals surface area contributed by atoms with Crippen LogP contribution in [0.1, 0.15) is 40.5 Å². The zero-order chi connectivity index (χ0) is 10.5. The maximum Gasteiger partial charge on any atom is 0.323 e. The van der Waals surface area contributed by atoms with Gasteiger partial charge in [0.25, 0.3) is 0 Å². The van der Waals surface area contributed by atoms with Crippen LogP contribution in [0.4, 0.5) is 0 Å². The highest BCUT2D eigenvalue weighted by Gasteiger charge is 2.28. The Balaban J connectivity index is 3.84. The van der Waals surface area contributed by atoms with Crippen molar-refractivity contribution >= 4 is 5.97 Å². The lowest BCUT2D eigenvalue weighted by Gasteiger charge is -2.24. The summed E-state index contributed by atoms with van der Waals surface area (Å²) in [5, 5.41) is 0. The van der Waals surface area contributed by atoms with E-state index < -0.39 is 6.04 Å². The van der Waals surface area contributed by atoms with Gasteiger partial charge in [0.2, 0.25) is 0 Å². The molecule has 2 N–H and O–H groups in total. The van der Waals surface area contributed by atoms with Gasteiger partial charge >= 0.3 is 5.97 Å². The molecule has 13 heavy (non-hydrogen) atoms. The van der Waals surface area contributed by atoms with Crippen LogP contribution in [0.5, 0.6) is 0 Å². The molecule has 0 aliphatic rings. The van der Waals surface area contributed by atoms with Crippen LogP contribution in [0.3, 0.4) is 0 Å². The zero-order valence-electron chi connectivity index (χ0n) is 9.09. The van der Waals surface area contributed by atoms with E-state index in [2.05, 4.69) is 6.92 Å². The van der Waals surface area contributed by atoms with Crippen LogP contribution in [0.2, 0.25) is 0 Å². The Labute approximate surface area is 80.6 Å². The number of esters is 1. The summed E-state index contributed by atoms with van der Waals surface area (Å²) in [7, 11) is 0. The molecule has 0 aliphatic carbocycles. The summed E-state index contributed by atoms with van der Waals surface area (Å²) in [5.74, 6) is -0.291. The van der Waals surface area contributed by atoms with E-state index in [1.165, 1.54) is 0 Å². The monoisotopic (exact) mass is 187 g/mol. The first-order valence-corrected chi connectivity index (χ1v) is 4.81. The number of hydrogen-bond donors (Lipinski definition) is 1. The summed E-state index contributed by atoms with van der Waals surface area (Å²) in [6, 6.07) is -0.524. The second kappa shape index (κ2) is 5.22. The molecule has 0 radical (unpaired) electrons. The van der Waals surface area contributed by atoms with E-state index in [0.717, 1.165) is 12.8 Å². The van der Waals surface area contributed by atoms with Crippen molar-refractivity contribution in [2.75, 3.05) is 6.61 Å². The lowest BCUT2D eigenvalue weighted by molar-refractivity contribution is -0.147. The largest absolute Gasteiger partial charge is 0.465 e. The molecule has 1 atom stereocenters. The van der Waals surface area contributed by atoms with E-state index >= 15 is 0 Å². The first-order chi connectivity index (χ1) is 5.89. The van der Waals surface area contributed by atoms with Gasteiger partial charge in [0.05, 0.1) is 6.61 Å². The Morgan fingerprint density at radius 2 is 2.00 bits per heavy atom. The van der Waals surface area contributed by atoms with Gasteiger partial charge in [-0.25, -0.2) is 0 Å². The summed E-state index contributed by atoms with van der Waals surface area (Å²) in [5.41, 5.74) is 5.48. The fourth-order valence-electron chi connectivity index (χ4n) is 0.760. The minimum atomic E-state index is -0.524. The van der Waals surface area contributed by atoms with Crippen molar-refractivity contribution in [2.24, 2.45) is 11.1 Å². The van der Waals surface area contributed by atoms with Gasteiger partial charge in [0, 0.05) is 0 Å².